The molecule has 0 heterocycles. The van der Waals surface area contributed by atoms with Crippen molar-refractivity contribution in [3.8, 4) is 0 Å². The van der Waals surface area contributed by atoms with Crippen molar-refractivity contribution in [3.63, 3.8) is 0 Å². The van der Waals surface area contributed by atoms with Gasteiger partial charge in [-0.15, -0.1) is 0 Å². The molecule has 0 unspecified atom stereocenters. The van der Waals surface area contributed by atoms with E-state index in [-0.39, 0.29) is 17.3 Å². The van der Waals surface area contributed by atoms with Crippen LogP contribution in [-0.2, 0) is 10.0 Å². The van der Waals surface area contributed by atoms with E-state index in [0.717, 1.165) is 12.1 Å². The van der Waals surface area contributed by atoms with Gasteiger partial charge in [0.05, 0.1) is 11.3 Å². The van der Waals surface area contributed by atoms with Gasteiger partial charge in [0.15, 0.2) is 0 Å². The molecule has 134 valence electrons. The van der Waals surface area contributed by atoms with Crippen molar-refractivity contribution in [1.29, 1.82) is 0 Å². The van der Waals surface area contributed by atoms with E-state index < -0.39 is 32.5 Å². The number of anilines is 1. The van der Waals surface area contributed by atoms with Gasteiger partial charge < -0.3 is 5.32 Å². The fourth-order valence-electron chi connectivity index (χ4n) is 2.07. The summed E-state index contributed by atoms with van der Waals surface area (Å²) < 4.78 is 53.7. The summed E-state index contributed by atoms with van der Waals surface area (Å²) in [6, 6.07) is 8.04. The molecule has 0 saturated carbocycles. The summed E-state index contributed by atoms with van der Waals surface area (Å²) in [5.41, 5.74) is 0.112. The van der Waals surface area contributed by atoms with E-state index in [2.05, 4.69) is 10.0 Å². The van der Waals surface area contributed by atoms with Crippen LogP contribution in [0.4, 0.5) is 14.5 Å². The van der Waals surface area contributed by atoms with E-state index in [1.54, 1.807) is 12.1 Å². The maximum atomic E-state index is 13.8. The Morgan fingerprint density at radius 3 is 2.48 bits per heavy atom. The fraction of sp³-hybridized carbons (Fsp3) is 0.235. The van der Waals surface area contributed by atoms with E-state index in [9.17, 15) is 22.0 Å². The Hall–Kier alpha value is -2.48. The molecule has 0 aliphatic heterocycles. The largest absolute Gasteiger partial charge is 0.350 e. The van der Waals surface area contributed by atoms with Gasteiger partial charge in [-0.25, -0.2) is 17.2 Å². The zero-order chi connectivity index (χ0) is 18.6. The van der Waals surface area contributed by atoms with Gasteiger partial charge in [-0.1, -0.05) is 19.1 Å². The van der Waals surface area contributed by atoms with Crippen LogP contribution in [0.3, 0.4) is 0 Å². The molecule has 0 aromatic heterocycles. The van der Waals surface area contributed by atoms with Gasteiger partial charge in [0.2, 0.25) is 0 Å². The molecule has 2 rings (SSSR count). The molecule has 25 heavy (non-hydrogen) atoms. The lowest BCUT2D eigenvalue weighted by molar-refractivity contribution is 0.0940. The summed E-state index contributed by atoms with van der Waals surface area (Å²) in [5, 5.41) is 2.73. The number of nitrogens with one attached hydrogen (secondary N) is 2. The number of para-hydroxylation sites is 1. The Morgan fingerprint density at radius 2 is 1.84 bits per heavy atom. The van der Waals surface area contributed by atoms with E-state index in [1.165, 1.54) is 12.1 Å². The first kappa shape index (κ1) is 18.9. The number of hydrogen-bond acceptors (Lipinski definition) is 3. The normalized spacial score (nSPS) is 12.5. The molecule has 0 spiro atoms. The van der Waals surface area contributed by atoms with E-state index in [4.69, 9.17) is 0 Å². The number of benzene rings is 2. The highest BCUT2D eigenvalue weighted by molar-refractivity contribution is 7.92. The van der Waals surface area contributed by atoms with Crippen LogP contribution in [0.5, 0.6) is 0 Å². The summed E-state index contributed by atoms with van der Waals surface area (Å²) in [6.07, 6.45) is 0.709. The molecule has 0 radical (unpaired) electrons. The third-order valence-corrected chi connectivity index (χ3v) is 4.99. The maximum absolute atomic E-state index is 13.8. The molecule has 0 aliphatic carbocycles. The smallest absolute Gasteiger partial charge is 0.264 e. The molecule has 8 heteroatoms. The predicted octanol–water partition coefficient (Wildman–Crippen LogP) is 3.29. The van der Waals surface area contributed by atoms with Crippen LogP contribution in [0.2, 0.25) is 0 Å². The molecule has 0 saturated heterocycles. The molecular weight excluding hydrogens is 350 g/mol. The van der Waals surface area contributed by atoms with E-state index in [0.29, 0.717) is 12.5 Å². The Balaban J connectivity index is 2.35. The highest BCUT2D eigenvalue weighted by atomic mass is 32.2. The fourth-order valence-corrected chi connectivity index (χ4v) is 3.21. The van der Waals surface area contributed by atoms with E-state index in [1.807, 2.05) is 13.8 Å². The molecule has 1 atom stereocenters. The molecule has 2 N–H and O–H groups in total. The number of sulfonamides is 1. The molecule has 0 bridgehead atoms. The average molecular weight is 368 g/mol. The van der Waals surface area contributed by atoms with Gasteiger partial charge in [-0.3, -0.25) is 9.52 Å². The molecular formula is C17H18F2N2O3S. The number of carbonyl (C=O) groups excluding carboxylic acids is 1. The predicted molar refractivity (Wildman–Crippen MR) is 90.8 cm³/mol. The van der Waals surface area contributed by atoms with Crippen molar-refractivity contribution < 1.29 is 22.0 Å². The average Bonchev–Trinajstić information content (AvgIpc) is 2.54. The quantitative estimate of drug-likeness (QED) is 0.822. The van der Waals surface area contributed by atoms with Crippen molar-refractivity contribution in [3.05, 3.63) is 59.7 Å². The molecule has 0 fully saturated rings. The Labute approximate surface area is 145 Å². The maximum Gasteiger partial charge on any atom is 0.264 e. The summed E-state index contributed by atoms with van der Waals surface area (Å²) in [5.74, 6) is -2.55. The number of carbonyl (C=O) groups is 1. The van der Waals surface area contributed by atoms with Crippen molar-refractivity contribution in [2.24, 2.45) is 0 Å². The summed E-state index contributed by atoms with van der Waals surface area (Å²) >= 11 is 0. The molecule has 2 aromatic rings. The Bertz CT molecular complexity index is 885. The van der Waals surface area contributed by atoms with Crippen LogP contribution >= 0.6 is 0 Å². The van der Waals surface area contributed by atoms with Crippen LogP contribution < -0.4 is 10.0 Å². The van der Waals surface area contributed by atoms with Crippen molar-refractivity contribution in [2.45, 2.75) is 31.2 Å². The topological polar surface area (TPSA) is 75.3 Å². The number of halogens is 2. The highest BCUT2D eigenvalue weighted by Crippen LogP contribution is 2.22. The first-order chi connectivity index (χ1) is 11.7. The van der Waals surface area contributed by atoms with Gasteiger partial charge in [-0.05, 0) is 37.6 Å². The monoisotopic (exact) mass is 368 g/mol. The second-order valence-corrected chi connectivity index (χ2v) is 7.16. The van der Waals surface area contributed by atoms with Crippen LogP contribution in [0.25, 0.3) is 0 Å². The summed E-state index contributed by atoms with van der Waals surface area (Å²) in [4.78, 5) is 11.6. The molecule has 5 nitrogen and oxygen atoms in total. The third kappa shape index (κ3) is 4.54. The second kappa shape index (κ2) is 7.60. The van der Waals surface area contributed by atoms with Gasteiger partial charge >= 0.3 is 0 Å². The van der Waals surface area contributed by atoms with Crippen LogP contribution in [0.15, 0.2) is 47.4 Å². The summed E-state index contributed by atoms with van der Waals surface area (Å²) in [6.45, 7) is 3.72. The van der Waals surface area contributed by atoms with Crippen LogP contribution in [-0.4, -0.2) is 20.4 Å². The van der Waals surface area contributed by atoms with E-state index >= 15 is 0 Å². The van der Waals surface area contributed by atoms with Gasteiger partial charge in [0.1, 0.15) is 16.5 Å². The SMILES string of the molecule is CC[C@@H](C)NC(=O)c1ccccc1NS(=O)(=O)c1ccc(F)cc1F. The number of rotatable bonds is 6. The van der Waals surface area contributed by atoms with Gasteiger partial charge in [-0.2, -0.15) is 0 Å². The van der Waals surface area contributed by atoms with Crippen LogP contribution in [0, 0.1) is 11.6 Å². The molecule has 1 amide bonds. The summed E-state index contributed by atoms with van der Waals surface area (Å²) in [7, 11) is -4.32. The third-order valence-electron chi connectivity index (χ3n) is 3.59. The highest BCUT2D eigenvalue weighted by Gasteiger charge is 2.22. The zero-order valence-electron chi connectivity index (χ0n) is 13.7. The van der Waals surface area contributed by atoms with Gasteiger partial charge in [0, 0.05) is 12.1 Å². The lowest BCUT2D eigenvalue weighted by Crippen LogP contribution is -2.32. The van der Waals surface area contributed by atoms with Crippen molar-refractivity contribution >= 4 is 21.6 Å². The first-order valence-electron chi connectivity index (χ1n) is 7.62. The molecule has 2 aromatic carbocycles. The minimum atomic E-state index is -4.32. The lowest BCUT2D eigenvalue weighted by Gasteiger charge is -2.15. The standard InChI is InChI=1S/C17H18F2N2O3S/c1-3-11(2)20-17(22)13-6-4-5-7-15(13)21-25(23,24)16-9-8-12(18)10-14(16)19/h4-11,21H,3H2,1-2H3,(H,20,22)/t11-/m1/s1. The minimum Gasteiger partial charge on any atom is -0.350 e. The van der Waals surface area contributed by atoms with Crippen molar-refractivity contribution in [1.82, 2.24) is 5.32 Å². The number of amides is 1. The lowest BCUT2D eigenvalue weighted by atomic mass is 10.1. The second-order valence-electron chi connectivity index (χ2n) is 5.51. The number of hydrogen-bond donors (Lipinski definition) is 2. The minimum absolute atomic E-state index is 0.00651. The Kier molecular flexibility index (Phi) is 5.73. The molecule has 0 aliphatic rings. The van der Waals surface area contributed by atoms with Crippen LogP contribution in [0.1, 0.15) is 30.6 Å². The first-order valence-corrected chi connectivity index (χ1v) is 9.10. The van der Waals surface area contributed by atoms with Gasteiger partial charge in [0.25, 0.3) is 15.9 Å². The Morgan fingerprint density at radius 1 is 1.16 bits per heavy atom. The zero-order valence-corrected chi connectivity index (χ0v) is 14.5. The van der Waals surface area contributed by atoms with Crippen molar-refractivity contribution in [2.75, 3.05) is 4.72 Å².